The van der Waals surface area contributed by atoms with Gasteiger partial charge in [0.15, 0.2) is 12.4 Å². The van der Waals surface area contributed by atoms with E-state index in [4.69, 9.17) is 4.74 Å². The quantitative estimate of drug-likeness (QED) is 0.580. The van der Waals surface area contributed by atoms with E-state index in [9.17, 15) is 14.4 Å². The van der Waals surface area contributed by atoms with Crippen molar-refractivity contribution in [1.29, 1.82) is 0 Å². The molecule has 3 rings (SSSR count). The van der Waals surface area contributed by atoms with E-state index in [0.717, 1.165) is 23.2 Å². The maximum Gasteiger partial charge on any atom is 0.314 e. The SMILES string of the molecule is CC[C@@H](C)[C@@H](C(=O)OCC(=O)c1ccc2c(c1)CCC(=O)N2)c1ccccc1. The van der Waals surface area contributed by atoms with Crippen LogP contribution >= 0.6 is 0 Å². The van der Waals surface area contributed by atoms with Crippen LogP contribution in [0.3, 0.4) is 0 Å². The third-order valence-electron chi connectivity index (χ3n) is 5.29. The number of carbonyl (C=O) groups excluding carboxylic acids is 3. The number of hydrogen-bond donors (Lipinski definition) is 1. The van der Waals surface area contributed by atoms with Crippen LogP contribution in [0.1, 0.15) is 54.1 Å². The molecule has 28 heavy (non-hydrogen) atoms. The summed E-state index contributed by atoms with van der Waals surface area (Å²) in [6.45, 7) is 3.76. The van der Waals surface area contributed by atoms with Gasteiger partial charge in [-0.1, -0.05) is 50.6 Å². The molecule has 1 N–H and O–H groups in total. The minimum atomic E-state index is -0.391. The molecule has 1 aliphatic heterocycles. The summed E-state index contributed by atoms with van der Waals surface area (Å²) in [4.78, 5) is 36.7. The average Bonchev–Trinajstić information content (AvgIpc) is 2.72. The van der Waals surface area contributed by atoms with Gasteiger partial charge < -0.3 is 10.1 Å². The second-order valence-electron chi connectivity index (χ2n) is 7.22. The number of anilines is 1. The standard InChI is InChI=1S/C23H25NO4/c1-3-15(2)22(16-7-5-4-6-8-16)23(27)28-14-20(25)18-9-11-19-17(13-18)10-12-21(26)24-19/h4-9,11,13,15,22H,3,10,12,14H2,1-2H3,(H,24,26)/t15-,22-/m1/s1. The highest BCUT2D eigenvalue weighted by molar-refractivity contribution is 6.00. The van der Waals surface area contributed by atoms with Crippen molar-refractivity contribution in [1.82, 2.24) is 0 Å². The molecule has 0 fully saturated rings. The first-order valence-electron chi connectivity index (χ1n) is 9.67. The van der Waals surface area contributed by atoms with Gasteiger partial charge in [0.1, 0.15) is 0 Å². The van der Waals surface area contributed by atoms with E-state index >= 15 is 0 Å². The van der Waals surface area contributed by atoms with E-state index in [1.807, 2.05) is 44.2 Å². The van der Waals surface area contributed by atoms with Crippen molar-refractivity contribution in [3.8, 4) is 0 Å². The smallest absolute Gasteiger partial charge is 0.314 e. The first-order chi connectivity index (χ1) is 13.5. The molecule has 2 aromatic rings. The molecule has 1 amide bonds. The lowest BCUT2D eigenvalue weighted by molar-refractivity contribution is -0.145. The highest BCUT2D eigenvalue weighted by Crippen LogP contribution is 2.28. The minimum Gasteiger partial charge on any atom is -0.457 e. The number of esters is 1. The van der Waals surface area contributed by atoms with Crippen LogP contribution in [0.4, 0.5) is 5.69 Å². The van der Waals surface area contributed by atoms with E-state index in [2.05, 4.69) is 5.32 Å². The summed E-state index contributed by atoms with van der Waals surface area (Å²) in [5, 5.41) is 2.79. The molecule has 0 aromatic heterocycles. The van der Waals surface area contributed by atoms with Crippen molar-refractivity contribution in [3.63, 3.8) is 0 Å². The Hall–Kier alpha value is -2.95. The summed E-state index contributed by atoms with van der Waals surface area (Å²) < 4.78 is 5.40. The molecule has 1 aliphatic rings. The first kappa shape index (κ1) is 19.8. The van der Waals surface area contributed by atoms with Crippen LogP contribution in [-0.4, -0.2) is 24.3 Å². The molecule has 2 atom stereocenters. The molecular formula is C23H25NO4. The predicted molar refractivity (Wildman–Crippen MR) is 107 cm³/mol. The van der Waals surface area contributed by atoms with Crippen LogP contribution in [-0.2, 0) is 20.7 Å². The van der Waals surface area contributed by atoms with Crippen molar-refractivity contribution in [2.45, 2.75) is 39.0 Å². The lowest BCUT2D eigenvalue weighted by Crippen LogP contribution is -2.25. The molecule has 1 heterocycles. The lowest BCUT2D eigenvalue weighted by Gasteiger charge is -2.22. The van der Waals surface area contributed by atoms with Crippen molar-refractivity contribution in [2.75, 3.05) is 11.9 Å². The Morgan fingerprint density at radius 3 is 2.57 bits per heavy atom. The van der Waals surface area contributed by atoms with E-state index in [1.54, 1.807) is 18.2 Å². The molecule has 146 valence electrons. The molecule has 5 heteroatoms. The van der Waals surface area contributed by atoms with Gasteiger partial charge in [0.25, 0.3) is 0 Å². The summed E-state index contributed by atoms with van der Waals surface area (Å²) in [5.41, 5.74) is 3.06. The predicted octanol–water partition coefficient (Wildman–Crippen LogP) is 4.13. The molecule has 5 nitrogen and oxygen atoms in total. The molecule has 2 aromatic carbocycles. The van der Waals surface area contributed by atoms with Crippen LogP contribution in [0.5, 0.6) is 0 Å². The Balaban J connectivity index is 1.67. The van der Waals surface area contributed by atoms with Gasteiger partial charge in [-0.15, -0.1) is 0 Å². The molecule has 0 spiro atoms. The maximum absolute atomic E-state index is 12.7. The molecular weight excluding hydrogens is 354 g/mol. The summed E-state index contributed by atoms with van der Waals surface area (Å²) in [6.07, 6.45) is 1.85. The second-order valence-corrected chi connectivity index (χ2v) is 7.22. The van der Waals surface area contributed by atoms with E-state index in [1.165, 1.54) is 0 Å². The lowest BCUT2D eigenvalue weighted by atomic mass is 9.85. The zero-order valence-corrected chi connectivity index (χ0v) is 16.2. The fourth-order valence-electron chi connectivity index (χ4n) is 3.46. The number of nitrogens with one attached hydrogen (secondary N) is 1. The molecule has 0 saturated heterocycles. The fourth-order valence-corrected chi connectivity index (χ4v) is 3.46. The molecule has 0 bridgehead atoms. The van der Waals surface area contributed by atoms with Crippen LogP contribution < -0.4 is 5.32 Å². The Labute approximate surface area is 165 Å². The number of rotatable bonds is 7. The Morgan fingerprint density at radius 2 is 1.86 bits per heavy atom. The zero-order chi connectivity index (χ0) is 20.1. The number of aryl methyl sites for hydroxylation is 1. The summed E-state index contributed by atoms with van der Waals surface area (Å²) in [6, 6.07) is 14.7. The van der Waals surface area contributed by atoms with Gasteiger partial charge in [-0.3, -0.25) is 14.4 Å². The zero-order valence-electron chi connectivity index (χ0n) is 16.2. The third kappa shape index (κ3) is 4.47. The second kappa shape index (κ2) is 8.83. The van der Waals surface area contributed by atoms with E-state index in [-0.39, 0.29) is 30.2 Å². The van der Waals surface area contributed by atoms with Gasteiger partial charge in [-0.2, -0.15) is 0 Å². The summed E-state index contributed by atoms with van der Waals surface area (Å²) in [7, 11) is 0. The Morgan fingerprint density at radius 1 is 1.11 bits per heavy atom. The summed E-state index contributed by atoms with van der Waals surface area (Å²) in [5.74, 6) is -0.921. The number of benzene rings is 2. The average molecular weight is 379 g/mol. The number of ether oxygens (including phenoxy) is 1. The maximum atomic E-state index is 12.7. The van der Waals surface area contributed by atoms with Crippen LogP contribution in [0.15, 0.2) is 48.5 Å². The monoisotopic (exact) mass is 379 g/mol. The van der Waals surface area contributed by atoms with Gasteiger partial charge in [-0.05, 0) is 41.7 Å². The molecule has 0 saturated carbocycles. The van der Waals surface area contributed by atoms with Crippen molar-refractivity contribution >= 4 is 23.3 Å². The number of hydrogen-bond acceptors (Lipinski definition) is 4. The van der Waals surface area contributed by atoms with Crippen molar-refractivity contribution in [2.24, 2.45) is 5.92 Å². The molecule has 0 radical (unpaired) electrons. The number of fused-ring (bicyclic) bond motifs is 1. The topological polar surface area (TPSA) is 72.5 Å². The van der Waals surface area contributed by atoms with Gasteiger partial charge in [0.2, 0.25) is 5.91 Å². The highest BCUT2D eigenvalue weighted by atomic mass is 16.5. The first-order valence-corrected chi connectivity index (χ1v) is 9.67. The number of carbonyl (C=O) groups is 3. The Bertz CT molecular complexity index is 875. The van der Waals surface area contributed by atoms with Gasteiger partial charge in [0.05, 0.1) is 5.92 Å². The highest BCUT2D eigenvalue weighted by Gasteiger charge is 2.28. The summed E-state index contributed by atoms with van der Waals surface area (Å²) >= 11 is 0. The number of Topliss-reactive ketones (excluding diaryl/α,β-unsaturated/α-hetero) is 1. The molecule has 0 aliphatic carbocycles. The molecule has 0 unspecified atom stereocenters. The van der Waals surface area contributed by atoms with Gasteiger partial charge in [-0.25, -0.2) is 0 Å². The van der Waals surface area contributed by atoms with Gasteiger partial charge >= 0.3 is 5.97 Å². The minimum absolute atomic E-state index is 0.0162. The van der Waals surface area contributed by atoms with Crippen LogP contribution in [0, 0.1) is 5.92 Å². The number of amides is 1. The third-order valence-corrected chi connectivity index (χ3v) is 5.29. The fraction of sp³-hybridized carbons (Fsp3) is 0.348. The van der Waals surface area contributed by atoms with Crippen LogP contribution in [0.2, 0.25) is 0 Å². The number of ketones is 1. The van der Waals surface area contributed by atoms with Crippen LogP contribution in [0.25, 0.3) is 0 Å². The van der Waals surface area contributed by atoms with Crippen molar-refractivity contribution in [3.05, 3.63) is 65.2 Å². The van der Waals surface area contributed by atoms with Crippen molar-refractivity contribution < 1.29 is 19.1 Å². The Kier molecular flexibility index (Phi) is 6.24. The normalized spacial score (nSPS) is 15.1. The largest absolute Gasteiger partial charge is 0.457 e. The van der Waals surface area contributed by atoms with Gasteiger partial charge in [0, 0.05) is 17.7 Å². The van der Waals surface area contributed by atoms with E-state index in [0.29, 0.717) is 18.4 Å². The van der Waals surface area contributed by atoms with E-state index < -0.39 is 5.92 Å².